The Morgan fingerprint density at radius 3 is 2.16 bits per heavy atom. The second-order valence-corrected chi connectivity index (χ2v) is 9.97. The van der Waals surface area contributed by atoms with Crippen LogP contribution in [0.3, 0.4) is 0 Å². The van der Waals surface area contributed by atoms with Gasteiger partial charge in [-0.3, -0.25) is 14.7 Å². The Kier molecular flexibility index (Phi) is 9.65. The van der Waals surface area contributed by atoms with Crippen LogP contribution in [0.1, 0.15) is 40.9 Å². The smallest absolute Gasteiger partial charge is 0.307 e. The average molecular weight is 509 g/mol. The number of hydrogen-bond acceptors (Lipinski definition) is 4. The summed E-state index contributed by atoms with van der Waals surface area (Å²) in [7, 11) is 0. The van der Waals surface area contributed by atoms with Crippen molar-refractivity contribution in [2.45, 2.75) is 32.7 Å². The third-order valence-corrected chi connectivity index (χ3v) is 6.53. The number of benzene rings is 3. The van der Waals surface area contributed by atoms with Gasteiger partial charge in [0.1, 0.15) is 5.75 Å². The Balaban J connectivity index is 1.51. The highest BCUT2D eigenvalue weighted by molar-refractivity contribution is 5.70. The summed E-state index contributed by atoms with van der Waals surface area (Å²) >= 11 is 0. The minimum absolute atomic E-state index is 0.00954. The highest BCUT2D eigenvalue weighted by Crippen LogP contribution is 2.27. The van der Waals surface area contributed by atoms with Crippen molar-refractivity contribution in [3.8, 4) is 5.75 Å². The third kappa shape index (κ3) is 8.29. The zero-order valence-corrected chi connectivity index (χ0v) is 22.2. The number of ether oxygens (including phenoxy) is 1. The van der Waals surface area contributed by atoms with E-state index < -0.39 is 5.97 Å². The summed E-state index contributed by atoms with van der Waals surface area (Å²) in [6.45, 7) is 7.19. The Hall–Kier alpha value is -3.96. The molecular formula is C33H36N2O3. The van der Waals surface area contributed by atoms with E-state index in [0.29, 0.717) is 12.4 Å². The first-order chi connectivity index (χ1) is 18.5. The van der Waals surface area contributed by atoms with Gasteiger partial charge in [-0.15, -0.1) is 0 Å². The fraction of sp³-hybridized carbons (Fsp3) is 0.273. The van der Waals surface area contributed by atoms with Gasteiger partial charge in [0.15, 0.2) is 0 Å². The van der Waals surface area contributed by atoms with Gasteiger partial charge in [0.25, 0.3) is 0 Å². The lowest BCUT2D eigenvalue weighted by atomic mass is 9.90. The molecule has 0 amide bonds. The average Bonchev–Trinajstić information content (AvgIpc) is 2.91. The van der Waals surface area contributed by atoms with Gasteiger partial charge in [-0.05, 0) is 47.9 Å². The fourth-order valence-electron chi connectivity index (χ4n) is 4.80. The molecule has 0 bridgehead atoms. The molecule has 0 radical (unpaired) electrons. The quantitative estimate of drug-likeness (QED) is 0.227. The summed E-state index contributed by atoms with van der Waals surface area (Å²) in [6, 6.07) is 34.9. The zero-order chi connectivity index (χ0) is 26.7. The third-order valence-electron chi connectivity index (χ3n) is 6.53. The topological polar surface area (TPSA) is 62.7 Å². The van der Waals surface area contributed by atoms with Crippen LogP contribution in [-0.4, -0.2) is 40.7 Å². The second kappa shape index (κ2) is 13.5. The molecule has 3 aromatic carbocycles. The summed E-state index contributed by atoms with van der Waals surface area (Å²) in [5.74, 6) is 0.328. The highest BCUT2D eigenvalue weighted by atomic mass is 16.5. The van der Waals surface area contributed by atoms with Gasteiger partial charge in [-0.1, -0.05) is 85.8 Å². The predicted octanol–water partition coefficient (Wildman–Crippen LogP) is 6.37. The van der Waals surface area contributed by atoms with E-state index in [2.05, 4.69) is 84.6 Å². The van der Waals surface area contributed by atoms with Gasteiger partial charge >= 0.3 is 5.97 Å². The Bertz CT molecular complexity index is 1250. The van der Waals surface area contributed by atoms with Gasteiger partial charge in [-0.2, -0.15) is 0 Å². The van der Waals surface area contributed by atoms with Crippen molar-refractivity contribution < 1.29 is 14.6 Å². The Morgan fingerprint density at radius 1 is 0.868 bits per heavy atom. The molecule has 5 nitrogen and oxygen atoms in total. The van der Waals surface area contributed by atoms with Crippen LogP contribution < -0.4 is 4.74 Å². The first-order valence-electron chi connectivity index (χ1n) is 13.1. The maximum absolute atomic E-state index is 11.1. The van der Waals surface area contributed by atoms with Crippen LogP contribution in [0.15, 0.2) is 103 Å². The second-order valence-electron chi connectivity index (χ2n) is 9.97. The summed E-state index contributed by atoms with van der Waals surface area (Å²) in [6.07, 6.45) is -0.00954. The summed E-state index contributed by atoms with van der Waals surface area (Å²) < 4.78 is 6.10. The van der Waals surface area contributed by atoms with Crippen LogP contribution in [0.4, 0.5) is 0 Å². The van der Waals surface area contributed by atoms with Crippen LogP contribution in [-0.2, 0) is 17.8 Å². The van der Waals surface area contributed by atoms with E-state index in [4.69, 9.17) is 14.8 Å². The lowest BCUT2D eigenvalue weighted by Crippen LogP contribution is -2.34. The lowest BCUT2D eigenvalue weighted by molar-refractivity contribution is -0.136. The van der Waals surface area contributed by atoms with E-state index in [1.54, 1.807) is 0 Å². The van der Waals surface area contributed by atoms with Crippen LogP contribution in [0.2, 0.25) is 0 Å². The minimum Gasteiger partial charge on any atom is -0.493 e. The molecule has 4 aromatic rings. The normalized spacial score (nSPS) is 12.0. The first kappa shape index (κ1) is 27.1. The maximum atomic E-state index is 11.1. The number of carboxylic acids is 1. The summed E-state index contributed by atoms with van der Waals surface area (Å²) in [5, 5.41) is 9.10. The van der Waals surface area contributed by atoms with Gasteiger partial charge < -0.3 is 9.84 Å². The molecule has 0 saturated carbocycles. The molecule has 0 aliphatic heterocycles. The van der Waals surface area contributed by atoms with Crippen LogP contribution in [0, 0.1) is 12.8 Å². The van der Waals surface area contributed by atoms with Crippen molar-refractivity contribution in [1.82, 2.24) is 9.88 Å². The van der Waals surface area contributed by atoms with Gasteiger partial charge in [0, 0.05) is 37.2 Å². The van der Waals surface area contributed by atoms with E-state index in [-0.39, 0.29) is 18.3 Å². The fourth-order valence-corrected chi connectivity index (χ4v) is 4.80. The molecule has 196 valence electrons. The number of rotatable bonds is 13. The Labute approximate surface area is 225 Å². The molecule has 0 unspecified atom stereocenters. The monoisotopic (exact) mass is 508 g/mol. The summed E-state index contributed by atoms with van der Waals surface area (Å²) in [4.78, 5) is 18.3. The van der Waals surface area contributed by atoms with Crippen LogP contribution in [0.25, 0.3) is 0 Å². The number of pyridine rings is 1. The van der Waals surface area contributed by atoms with Gasteiger partial charge in [0.05, 0.1) is 18.7 Å². The molecule has 0 aliphatic carbocycles. The molecule has 0 spiro atoms. The van der Waals surface area contributed by atoms with E-state index in [1.165, 1.54) is 11.1 Å². The van der Waals surface area contributed by atoms with Crippen molar-refractivity contribution in [1.29, 1.82) is 0 Å². The van der Waals surface area contributed by atoms with Crippen molar-refractivity contribution >= 4 is 5.97 Å². The number of carbonyl (C=O) groups is 1. The van der Waals surface area contributed by atoms with Crippen molar-refractivity contribution in [2.75, 3.05) is 19.7 Å². The van der Waals surface area contributed by atoms with Gasteiger partial charge in [0.2, 0.25) is 0 Å². The molecule has 1 heterocycles. The first-order valence-corrected chi connectivity index (χ1v) is 13.1. The van der Waals surface area contributed by atoms with Crippen molar-refractivity contribution in [3.05, 3.63) is 131 Å². The lowest BCUT2D eigenvalue weighted by Gasteiger charge is -2.30. The number of nitrogens with zero attached hydrogens (tertiary/aromatic N) is 2. The van der Waals surface area contributed by atoms with E-state index in [0.717, 1.165) is 36.6 Å². The molecule has 1 N–H and O–H groups in total. The molecule has 38 heavy (non-hydrogen) atoms. The van der Waals surface area contributed by atoms with Crippen LogP contribution >= 0.6 is 0 Å². The molecule has 1 aromatic heterocycles. The number of aryl methyl sites for hydroxylation is 1. The molecule has 0 saturated heterocycles. The molecule has 0 aliphatic rings. The Morgan fingerprint density at radius 2 is 1.53 bits per heavy atom. The number of hydrogen-bond donors (Lipinski definition) is 1. The standard InChI is InChI=1S/C33H36N2O3/c1-25(24-38-31-18-10-12-27(19-31)20-33(36)37)21-35(22-30-17-9-11-26(2)34-30)23-32(28-13-5-3-6-14-28)29-15-7-4-8-16-29/h3-19,25,32H,20-24H2,1-2H3,(H,36,37)/t25-/m1/s1. The van der Waals surface area contributed by atoms with Crippen LogP contribution in [0.5, 0.6) is 5.75 Å². The SMILES string of the molecule is Cc1cccc(CN(CC(c2ccccc2)c2ccccc2)C[C@@H](C)COc2cccc(CC(=O)O)c2)n1. The summed E-state index contributed by atoms with van der Waals surface area (Å²) in [5.41, 5.74) is 5.39. The molecule has 5 heteroatoms. The number of aliphatic carboxylic acids is 1. The van der Waals surface area contributed by atoms with E-state index >= 15 is 0 Å². The number of carboxylic acid groups (broad SMARTS) is 1. The van der Waals surface area contributed by atoms with E-state index in [9.17, 15) is 4.79 Å². The maximum Gasteiger partial charge on any atom is 0.307 e. The zero-order valence-electron chi connectivity index (χ0n) is 22.2. The van der Waals surface area contributed by atoms with Crippen molar-refractivity contribution in [2.24, 2.45) is 5.92 Å². The molecule has 1 atom stereocenters. The number of aromatic nitrogens is 1. The molecule has 4 rings (SSSR count). The highest BCUT2D eigenvalue weighted by Gasteiger charge is 2.21. The van der Waals surface area contributed by atoms with E-state index in [1.807, 2.05) is 37.3 Å². The minimum atomic E-state index is -0.845. The molecule has 0 fully saturated rings. The van der Waals surface area contributed by atoms with Gasteiger partial charge in [-0.25, -0.2) is 0 Å². The predicted molar refractivity (Wildman–Crippen MR) is 151 cm³/mol. The molecular weight excluding hydrogens is 472 g/mol. The largest absolute Gasteiger partial charge is 0.493 e. The van der Waals surface area contributed by atoms with Crippen molar-refractivity contribution in [3.63, 3.8) is 0 Å².